The summed E-state index contributed by atoms with van der Waals surface area (Å²) in [4.78, 5) is 2.57. The van der Waals surface area contributed by atoms with Crippen molar-refractivity contribution in [1.29, 1.82) is 0 Å². The highest BCUT2D eigenvalue weighted by molar-refractivity contribution is 5.85. The zero-order chi connectivity index (χ0) is 18.4. The fraction of sp³-hybridized carbons (Fsp3) is 0.478. The molecule has 0 aliphatic heterocycles. The Morgan fingerprint density at radius 1 is 0.923 bits per heavy atom. The van der Waals surface area contributed by atoms with Gasteiger partial charge in [0.1, 0.15) is 5.75 Å². The molecule has 0 radical (unpaired) electrons. The maximum Gasteiger partial charge on any atom is 0.122 e. The molecule has 2 rings (SSSR count). The molecular formula is C23H34ClNO. The Kier molecular flexibility index (Phi) is 9.18. The normalized spacial score (nSPS) is 12.3. The van der Waals surface area contributed by atoms with Crippen LogP contribution in [0.2, 0.25) is 0 Å². The minimum Gasteiger partial charge on any atom is -0.496 e. The van der Waals surface area contributed by atoms with Gasteiger partial charge in [0.15, 0.2) is 0 Å². The summed E-state index contributed by atoms with van der Waals surface area (Å²) in [6.45, 7) is 12.4. The minimum absolute atomic E-state index is 0. The van der Waals surface area contributed by atoms with Gasteiger partial charge in [0, 0.05) is 23.6 Å². The van der Waals surface area contributed by atoms with E-state index in [1.165, 1.54) is 16.7 Å². The first-order valence-electron chi connectivity index (χ1n) is 9.39. The van der Waals surface area contributed by atoms with E-state index >= 15 is 0 Å². The molecule has 2 aromatic carbocycles. The van der Waals surface area contributed by atoms with E-state index < -0.39 is 0 Å². The van der Waals surface area contributed by atoms with Crippen LogP contribution in [0.15, 0.2) is 48.5 Å². The van der Waals surface area contributed by atoms with Crippen LogP contribution in [0, 0.1) is 6.92 Å². The molecule has 0 aliphatic carbocycles. The highest BCUT2D eigenvalue weighted by Crippen LogP contribution is 2.35. The van der Waals surface area contributed by atoms with E-state index in [1.54, 1.807) is 7.11 Å². The van der Waals surface area contributed by atoms with E-state index in [-0.39, 0.29) is 12.4 Å². The van der Waals surface area contributed by atoms with Gasteiger partial charge in [0.2, 0.25) is 0 Å². The third kappa shape index (κ3) is 5.75. The fourth-order valence-corrected chi connectivity index (χ4v) is 3.70. The summed E-state index contributed by atoms with van der Waals surface area (Å²) >= 11 is 0. The lowest BCUT2D eigenvalue weighted by atomic mass is 9.86. The van der Waals surface area contributed by atoms with Crippen molar-refractivity contribution in [3.05, 3.63) is 65.2 Å². The Labute approximate surface area is 166 Å². The smallest absolute Gasteiger partial charge is 0.122 e. The molecule has 1 unspecified atom stereocenters. The Morgan fingerprint density at radius 2 is 1.54 bits per heavy atom. The molecule has 0 bridgehead atoms. The van der Waals surface area contributed by atoms with E-state index in [2.05, 4.69) is 88.0 Å². The van der Waals surface area contributed by atoms with Crippen molar-refractivity contribution < 1.29 is 4.74 Å². The predicted octanol–water partition coefficient (Wildman–Crippen LogP) is 6.07. The van der Waals surface area contributed by atoms with Crippen LogP contribution in [0.1, 0.15) is 56.7 Å². The molecule has 26 heavy (non-hydrogen) atoms. The topological polar surface area (TPSA) is 12.5 Å². The zero-order valence-corrected chi connectivity index (χ0v) is 17.8. The highest BCUT2D eigenvalue weighted by atomic mass is 35.5. The third-order valence-corrected chi connectivity index (χ3v) is 4.97. The summed E-state index contributed by atoms with van der Waals surface area (Å²) in [5, 5.41) is 0. The summed E-state index contributed by atoms with van der Waals surface area (Å²) in [5.74, 6) is 1.33. The molecule has 0 saturated carbocycles. The van der Waals surface area contributed by atoms with Gasteiger partial charge in [-0.15, -0.1) is 12.4 Å². The number of aryl methyl sites for hydroxylation is 1. The van der Waals surface area contributed by atoms with Gasteiger partial charge in [-0.3, -0.25) is 4.90 Å². The van der Waals surface area contributed by atoms with Crippen molar-refractivity contribution in [3.63, 3.8) is 0 Å². The van der Waals surface area contributed by atoms with Crippen LogP contribution in [0.3, 0.4) is 0 Å². The van der Waals surface area contributed by atoms with Crippen molar-refractivity contribution in [1.82, 2.24) is 4.90 Å². The third-order valence-electron chi connectivity index (χ3n) is 4.97. The quantitative estimate of drug-likeness (QED) is 0.555. The fourth-order valence-electron chi connectivity index (χ4n) is 3.70. The lowest BCUT2D eigenvalue weighted by Crippen LogP contribution is -2.38. The molecule has 0 aromatic heterocycles. The first-order valence-corrected chi connectivity index (χ1v) is 9.39. The Balaban J connectivity index is 0.00000338. The molecule has 0 N–H and O–H groups in total. The maximum absolute atomic E-state index is 5.69. The summed E-state index contributed by atoms with van der Waals surface area (Å²) in [5.41, 5.74) is 3.93. The van der Waals surface area contributed by atoms with Crippen molar-refractivity contribution in [2.45, 2.75) is 59.0 Å². The summed E-state index contributed by atoms with van der Waals surface area (Å²) in [6, 6.07) is 18.4. The molecule has 0 aliphatic rings. The van der Waals surface area contributed by atoms with Crippen LogP contribution >= 0.6 is 12.4 Å². The molecule has 2 nitrogen and oxygen atoms in total. The van der Waals surface area contributed by atoms with Crippen molar-refractivity contribution in [2.24, 2.45) is 0 Å². The second-order valence-corrected chi connectivity index (χ2v) is 7.42. The first kappa shape index (κ1) is 22.5. The molecule has 0 saturated heterocycles. The molecule has 0 spiro atoms. The lowest BCUT2D eigenvalue weighted by Gasteiger charge is -2.32. The number of benzene rings is 2. The SMILES string of the molecule is COc1ccc(C)cc1C(CCN(C(C)C)C(C)C)c1ccccc1.Cl. The van der Waals surface area contributed by atoms with E-state index in [4.69, 9.17) is 4.74 Å². The average molecular weight is 376 g/mol. The van der Waals surface area contributed by atoms with E-state index in [0.29, 0.717) is 18.0 Å². The van der Waals surface area contributed by atoms with Gasteiger partial charge in [-0.1, -0.05) is 48.0 Å². The summed E-state index contributed by atoms with van der Waals surface area (Å²) in [7, 11) is 1.77. The van der Waals surface area contributed by atoms with Gasteiger partial charge in [0.05, 0.1) is 7.11 Å². The lowest BCUT2D eigenvalue weighted by molar-refractivity contribution is 0.170. The first-order chi connectivity index (χ1) is 11.9. The maximum atomic E-state index is 5.69. The Morgan fingerprint density at radius 3 is 2.08 bits per heavy atom. The monoisotopic (exact) mass is 375 g/mol. The van der Waals surface area contributed by atoms with Crippen molar-refractivity contribution >= 4 is 12.4 Å². The van der Waals surface area contributed by atoms with E-state index in [1.807, 2.05) is 0 Å². The van der Waals surface area contributed by atoms with Gasteiger partial charge in [0.25, 0.3) is 0 Å². The van der Waals surface area contributed by atoms with Crippen molar-refractivity contribution in [3.8, 4) is 5.75 Å². The largest absolute Gasteiger partial charge is 0.496 e. The van der Waals surface area contributed by atoms with Crippen molar-refractivity contribution in [2.75, 3.05) is 13.7 Å². The van der Waals surface area contributed by atoms with Gasteiger partial charge in [-0.25, -0.2) is 0 Å². The van der Waals surface area contributed by atoms with Crippen LogP contribution in [0.5, 0.6) is 5.75 Å². The van der Waals surface area contributed by atoms with Gasteiger partial charge in [-0.05, 0) is 59.2 Å². The summed E-state index contributed by atoms with van der Waals surface area (Å²) < 4.78 is 5.69. The molecule has 2 aromatic rings. The number of halogens is 1. The van der Waals surface area contributed by atoms with Crippen LogP contribution in [0.25, 0.3) is 0 Å². The number of nitrogens with zero attached hydrogens (tertiary/aromatic N) is 1. The number of methoxy groups -OCH3 is 1. The predicted molar refractivity (Wildman–Crippen MR) is 115 cm³/mol. The van der Waals surface area contributed by atoms with Gasteiger partial charge >= 0.3 is 0 Å². The number of hydrogen-bond donors (Lipinski definition) is 0. The molecule has 0 fully saturated rings. The number of ether oxygens (including phenoxy) is 1. The highest BCUT2D eigenvalue weighted by Gasteiger charge is 2.21. The van der Waals surface area contributed by atoms with Crippen LogP contribution < -0.4 is 4.74 Å². The van der Waals surface area contributed by atoms with E-state index in [9.17, 15) is 0 Å². The van der Waals surface area contributed by atoms with Gasteiger partial charge < -0.3 is 4.74 Å². The van der Waals surface area contributed by atoms with Gasteiger partial charge in [-0.2, -0.15) is 0 Å². The average Bonchev–Trinajstić information content (AvgIpc) is 2.59. The molecule has 3 heteroatoms. The van der Waals surface area contributed by atoms with Crippen LogP contribution in [-0.2, 0) is 0 Å². The summed E-state index contributed by atoms with van der Waals surface area (Å²) in [6.07, 6.45) is 1.08. The molecular weight excluding hydrogens is 342 g/mol. The van der Waals surface area contributed by atoms with Crippen LogP contribution in [0.4, 0.5) is 0 Å². The number of hydrogen-bond acceptors (Lipinski definition) is 2. The zero-order valence-electron chi connectivity index (χ0n) is 17.0. The molecule has 1 atom stereocenters. The van der Waals surface area contributed by atoms with Crippen LogP contribution in [-0.4, -0.2) is 30.6 Å². The Bertz CT molecular complexity index is 647. The second-order valence-electron chi connectivity index (χ2n) is 7.42. The van der Waals surface area contributed by atoms with E-state index in [0.717, 1.165) is 18.7 Å². The Hall–Kier alpha value is -1.51. The standard InChI is InChI=1S/C23H33NO.ClH/c1-17(2)24(18(3)4)15-14-21(20-10-8-7-9-11-20)22-16-19(5)12-13-23(22)25-6;/h7-13,16-18,21H,14-15H2,1-6H3;1H. The molecule has 0 heterocycles. The molecule has 0 amide bonds. The molecule has 144 valence electrons. The second kappa shape index (κ2) is 10.6. The minimum atomic E-state index is 0. The number of rotatable bonds is 8.